The third-order valence-corrected chi connectivity index (χ3v) is 7.06. The fraction of sp³-hybridized carbons (Fsp3) is 0.760. The van der Waals surface area contributed by atoms with Gasteiger partial charge in [-0.15, -0.1) is 0 Å². The highest BCUT2D eigenvalue weighted by Crippen LogP contribution is 2.42. The van der Waals surface area contributed by atoms with Gasteiger partial charge in [0.15, 0.2) is 0 Å². The monoisotopic (exact) mass is 436 g/mol. The average molecular weight is 437 g/mol. The summed E-state index contributed by atoms with van der Waals surface area (Å²) < 4.78 is 24.1. The van der Waals surface area contributed by atoms with Crippen molar-refractivity contribution >= 4 is 11.9 Å². The Labute approximate surface area is 187 Å². The maximum atomic E-state index is 12.4. The van der Waals surface area contributed by atoms with Crippen molar-refractivity contribution in [2.75, 3.05) is 13.7 Å². The lowest BCUT2D eigenvalue weighted by Crippen LogP contribution is -2.56. The van der Waals surface area contributed by atoms with Crippen molar-refractivity contribution in [2.45, 2.75) is 102 Å². The van der Waals surface area contributed by atoms with E-state index in [1.807, 2.05) is 13.8 Å². The zero-order chi connectivity index (χ0) is 23.2. The first-order valence-electron chi connectivity index (χ1n) is 11.5. The van der Waals surface area contributed by atoms with Crippen molar-refractivity contribution in [1.29, 1.82) is 0 Å². The van der Waals surface area contributed by atoms with Gasteiger partial charge in [0, 0.05) is 24.2 Å². The molecule has 0 N–H and O–H groups in total. The van der Waals surface area contributed by atoms with Crippen LogP contribution in [0.15, 0.2) is 24.3 Å². The standard InChI is InChI=1S/C25H40O6/c1-8-25(31-23(27)18(4)5)15-10-9-13-21(25)29-16-19-12-11-14-20(28-7)24(19,6)30-22(26)17(2)3/h19-21H,2,4,8-16H2,1,3,5-7H3. The molecule has 5 unspecified atom stereocenters. The first kappa shape index (κ1) is 25.6. The lowest BCUT2D eigenvalue weighted by atomic mass is 9.74. The van der Waals surface area contributed by atoms with E-state index in [1.165, 1.54) is 0 Å². The molecule has 0 aromatic heterocycles. The Morgan fingerprint density at radius 1 is 0.935 bits per heavy atom. The average Bonchev–Trinajstić information content (AvgIpc) is 2.73. The molecular weight excluding hydrogens is 396 g/mol. The summed E-state index contributed by atoms with van der Waals surface area (Å²) in [6.07, 6.45) is 6.60. The van der Waals surface area contributed by atoms with Crippen LogP contribution in [0.25, 0.3) is 0 Å². The third-order valence-electron chi connectivity index (χ3n) is 7.06. The molecule has 176 valence electrons. The zero-order valence-electron chi connectivity index (χ0n) is 20.0. The van der Waals surface area contributed by atoms with Crippen LogP contribution in [0, 0.1) is 5.92 Å². The predicted molar refractivity (Wildman–Crippen MR) is 120 cm³/mol. The van der Waals surface area contributed by atoms with Crippen LogP contribution in [0.1, 0.15) is 79.1 Å². The molecule has 0 saturated heterocycles. The summed E-state index contributed by atoms with van der Waals surface area (Å²) in [5.74, 6) is -0.801. The van der Waals surface area contributed by atoms with E-state index >= 15 is 0 Å². The minimum absolute atomic E-state index is 0.0252. The second kappa shape index (κ2) is 10.8. The molecule has 0 aromatic rings. The quantitative estimate of drug-likeness (QED) is 0.378. The lowest BCUT2D eigenvalue weighted by Gasteiger charge is -2.47. The second-order valence-electron chi connectivity index (χ2n) is 9.36. The molecule has 0 aliphatic heterocycles. The molecule has 2 saturated carbocycles. The van der Waals surface area contributed by atoms with Gasteiger partial charge in [-0.25, -0.2) is 9.59 Å². The van der Waals surface area contributed by atoms with Crippen molar-refractivity contribution in [2.24, 2.45) is 5.92 Å². The third kappa shape index (κ3) is 5.78. The largest absolute Gasteiger partial charge is 0.453 e. The summed E-state index contributed by atoms with van der Waals surface area (Å²) in [5, 5.41) is 0. The van der Waals surface area contributed by atoms with Crippen LogP contribution in [-0.4, -0.2) is 49.1 Å². The van der Waals surface area contributed by atoms with Crippen LogP contribution in [-0.2, 0) is 28.5 Å². The summed E-state index contributed by atoms with van der Waals surface area (Å²) in [4.78, 5) is 24.7. The highest BCUT2D eigenvalue weighted by molar-refractivity contribution is 5.87. The Balaban J connectivity index is 2.19. The van der Waals surface area contributed by atoms with E-state index in [9.17, 15) is 9.59 Å². The summed E-state index contributed by atoms with van der Waals surface area (Å²) in [6.45, 7) is 15.1. The summed E-state index contributed by atoms with van der Waals surface area (Å²) in [7, 11) is 1.65. The Kier molecular flexibility index (Phi) is 8.90. The zero-order valence-corrected chi connectivity index (χ0v) is 20.0. The van der Waals surface area contributed by atoms with Gasteiger partial charge in [0.25, 0.3) is 0 Å². The van der Waals surface area contributed by atoms with Gasteiger partial charge >= 0.3 is 11.9 Å². The van der Waals surface area contributed by atoms with Crippen LogP contribution in [0.3, 0.4) is 0 Å². The number of ether oxygens (including phenoxy) is 4. The van der Waals surface area contributed by atoms with Crippen LogP contribution in [0.5, 0.6) is 0 Å². The lowest BCUT2D eigenvalue weighted by molar-refractivity contribution is -0.210. The fourth-order valence-electron chi connectivity index (χ4n) is 4.93. The SMILES string of the molecule is C=C(C)C(=O)OC1(CC)CCCCC1OCC1CCCC(OC)C1(C)OC(=O)C(=C)C. The van der Waals surface area contributed by atoms with E-state index in [0.717, 1.165) is 44.9 Å². The van der Waals surface area contributed by atoms with Gasteiger partial charge in [-0.2, -0.15) is 0 Å². The van der Waals surface area contributed by atoms with Crippen LogP contribution in [0.2, 0.25) is 0 Å². The maximum absolute atomic E-state index is 12.4. The van der Waals surface area contributed by atoms with Gasteiger partial charge in [-0.05, 0) is 59.3 Å². The van der Waals surface area contributed by atoms with E-state index in [4.69, 9.17) is 18.9 Å². The minimum atomic E-state index is -0.805. The topological polar surface area (TPSA) is 71.1 Å². The molecule has 0 amide bonds. The molecule has 2 fully saturated rings. The summed E-state index contributed by atoms with van der Waals surface area (Å²) in [5.41, 5.74) is -0.688. The van der Waals surface area contributed by atoms with E-state index in [2.05, 4.69) is 13.2 Å². The number of carbonyl (C=O) groups is 2. The number of hydrogen-bond donors (Lipinski definition) is 0. The molecule has 6 nitrogen and oxygen atoms in total. The van der Waals surface area contributed by atoms with Gasteiger partial charge in [-0.1, -0.05) is 32.9 Å². The number of esters is 2. The molecule has 0 heterocycles. The predicted octanol–water partition coefficient (Wildman–Crippen LogP) is 4.91. The minimum Gasteiger partial charge on any atom is -0.453 e. The van der Waals surface area contributed by atoms with Crippen molar-refractivity contribution in [3.05, 3.63) is 24.3 Å². The Bertz CT molecular complexity index is 685. The molecule has 0 spiro atoms. The van der Waals surface area contributed by atoms with Crippen LogP contribution >= 0.6 is 0 Å². The highest BCUT2D eigenvalue weighted by atomic mass is 16.6. The first-order valence-corrected chi connectivity index (χ1v) is 11.5. The maximum Gasteiger partial charge on any atom is 0.333 e. The molecule has 5 atom stereocenters. The molecule has 6 heteroatoms. The van der Waals surface area contributed by atoms with Crippen LogP contribution < -0.4 is 0 Å². The molecule has 31 heavy (non-hydrogen) atoms. The Hall–Kier alpha value is -1.66. The van der Waals surface area contributed by atoms with Gasteiger partial charge in [0.05, 0.1) is 18.8 Å². The first-order chi connectivity index (χ1) is 14.6. The normalized spacial score (nSPS) is 33.4. The second-order valence-corrected chi connectivity index (χ2v) is 9.36. The summed E-state index contributed by atoms with van der Waals surface area (Å²) >= 11 is 0. The van der Waals surface area contributed by atoms with E-state index in [0.29, 0.717) is 24.2 Å². The molecule has 0 aromatic carbocycles. The van der Waals surface area contributed by atoms with Gasteiger partial charge in [-0.3, -0.25) is 0 Å². The van der Waals surface area contributed by atoms with E-state index < -0.39 is 17.2 Å². The Morgan fingerprint density at radius 2 is 1.55 bits per heavy atom. The van der Waals surface area contributed by atoms with Crippen molar-refractivity contribution < 1.29 is 28.5 Å². The highest BCUT2D eigenvalue weighted by Gasteiger charge is 2.50. The number of hydrogen-bond acceptors (Lipinski definition) is 6. The van der Waals surface area contributed by atoms with Crippen LogP contribution in [0.4, 0.5) is 0 Å². The van der Waals surface area contributed by atoms with Gasteiger partial charge in [0.2, 0.25) is 0 Å². The van der Waals surface area contributed by atoms with E-state index in [-0.39, 0.29) is 24.1 Å². The molecule has 2 aliphatic rings. The number of carbonyl (C=O) groups excluding carboxylic acids is 2. The smallest absolute Gasteiger partial charge is 0.333 e. The fourth-order valence-corrected chi connectivity index (χ4v) is 4.93. The van der Waals surface area contributed by atoms with Gasteiger partial charge < -0.3 is 18.9 Å². The summed E-state index contributed by atoms with van der Waals surface area (Å²) in [6, 6.07) is 0. The van der Waals surface area contributed by atoms with Crippen molar-refractivity contribution in [3.8, 4) is 0 Å². The Morgan fingerprint density at radius 3 is 2.13 bits per heavy atom. The van der Waals surface area contributed by atoms with Crippen molar-refractivity contribution in [3.63, 3.8) is 0 Å². The molecule has 2 aliphatic carbocycles. The van der Waals surface area contributed by atoms with Crippen molar-refractivity contribution in [1.82, 2.24) is 0 Å². The molecule has 2 rings (SSSR count). The number of methoxy groups -OCH3 is 1. The molecule has 0 bridgehead atoms. The van der Waals surface area contributed by atoms with Gasteiger partial charge in [0.1, 0.15) is 11.2 Å². The number of rotatable bonds is 9. The molecule has 0 radical (unpaired) electrons. The van der Waals surface area contributed by atoms with E-state index in [1.54, 1.807) is 21.0 Å². The molecular formula is C25H40O6.